The molecular weight excluding hydrogens is 224 g/mol. The lowest BCUT2D eigenvalue weighted by Crippen LogP contribution is -2.31. The van der Waals surface area contributed by atoms with E-state index in [1.807, 2.05) is 13.8 Å². The van der Waals surface area contributed by atoms with Gasteiger partial charge < -0.3 is 5.11 Å². The number of hydrogen-bond acceptors (Lipinski definition) is 2. The molecule has 1 aromatic carbocycles. The van der Waals surface area contributed by atoms with Gasteiger partial charge in [-0.25, -0.2) is 8.78 Å². The van der Waals surface area contributed by atoms with Gasteiger partial charge in [-0.1, -0.05) is 0 Å². The standard InChI is InChI=1S/C13H19F2NO/c1-10(2)16(4-3-5-17)9-11-6-12(14)8-13(15)7-11/h6-8,10,17H,3-5,9H2,1-2H3. The van der Waals surface area contributed by atoms with E-state index in [-0.39, 0.29) is 12.6 Å². The Morgan fingerprint density at radius 1 is 1.18 bits per heavy atom. The van der Waals surface area contributed by atoms with Crippen LogP contribution in [0.1, 0.15) is 25.8 Å². The van der Waals surface area contributed by atoms with E-state index in [2.05, 4.69) is 4.90 Å². The lowest BCUT2D eigenvalue weighted by atomic mass is 10.1. The van der Waals surface area contributed by atoms with Crippen LogP contribution in [0.3, 0.4) is 0 Å². The van der Waals surface area contributed by atoms with Crippen LogP contribution < -0.4 is 0 Å². The summed E-state index contributed by atoms with van der Waals surface area (Å²) in [5.74, 6) is -1.10. The number of aliphatic hydroxyl groups is 1. The molecule has 0 aliphatic heterocycles. The lowest BCUT2D eigenvalue weighted by molar-refractivity contribution is 0.184. The molecule has 0 saturated carbocycles. The molecule has 0 aliphatic rings. The van der Waals surface area contributed by atoms with Gasteiger partial charge in [0.2, 0.25) is 0 Å². The Balaban J connectivity index is 2.71. The van der Waals surface area contributed by atoms with E-state index in [1.54, 1.807) is 0 Å². The molecule has 0 spiro atoms. The van der Waals surface area contributed by atoms with Crippen molar-refractivity contribution in [1.29, 1.82) is 0 Å². The molecule has 1 aromatic rings. The van der Waals surface area contributed by atoms with Gasteiger partial charge in [0.1, 0.15) is 11.6 Å². The Hall–Kier alpha value is -1.00. The van der Waals surface area contributed by atoms with E-state index in [0.29, 0.717) is 25.1 Å². The first-order chi connectivity index (χ1) is 8.02. The lowest BCUT2D eigenvalue weighted by Gasteiger charge is -2.26. The molecule has 1 rings (SSSR count). The maximum Gasteiger partial charge on any atom is 0.126 e. The molecule has 4 heteroatoms. The third kappa shape index (κ3) is 4.79. The summed E-state index contributed by atoms with van der Waals surface area (Å²) in [7, 11) is 0. The minimum Gasteiger partial charge on any atom is -0.396 e. The van der Waals surface area contributed by atoms with Crippen molar-refractivity contribution in [3.8, 4) is 0 Å². The van der Waals surface area contributed by atoms with Crippen LogP contribution in [0.15, 0.2) is 18.2 Å². The molecule has 0 unspecified atom stereocenters. The van der Waals surface area contributed by atoms with Crippen molar-refractivity contribution in [1.82, 2.24) is 4.90 Å². The number of hydrogen-bond donors (Lipinski definition) is 1. The maximum atomic E-state index is 13.0. The van der Waals surface area contributed by atoms with Gasteiger partial charge in [-0.05, 0) is 38.0 Å². The Kier molecular flexibility index (Phi) is 5.51. The van der Waals surface area contributed by atoms with E-state index in [4.69, 9.17) is 5.11 Å². The van der Waals surface area contributed by atoms with Gasteiger partial charge in [0, 0.05) is 31.8 Å². The summed E-state index contributed by atoms with van der Waals surface area (Å²) in [6, 6.07) is 3.83. The third-order valence-electron chi connectivity index (χ3n) is 2.64. The van der Waals surface area contributed by atoms with Crippen molar-refractivity contribution in [2.75, 3.05) is 13.2 Å². The van der Waals surface area contributed by atoms with E-state index in [1.165, 1.54) is 12.1 Å². The predicted molar refractivity (Wildman–Crippen MR) is 63.6 cm³/mol. The predicted octanol–water partition coefficient (Wildman–Crippen LogP) is 2.56. The summed E-state index contributed by atoms with van der Waals surface area (Å²) in [5.41, 5.74) is 0.620. The number of nitrogens with zero attached hydrogens (tertiary/aromatic N) is 1. The number of rotatable bonds is 6. The van der Waals surface area contributed by atoms with Gasteiger partial charge in [0.05, 0.1) is 0 Å². The molecule has 0 aliphatic carbocycles. The summed E-state index contributed by atoms with van der Waals surface area (Å²) in [4.78, 5) is 2.07. The van der Waals surface area contributed by atoms with Crippen LogP contribution in [0.2, 0.25) is 0 Å². The second-order valence-corrected chi connectivity index (χ2v) is 4.42. The Bertz CT molecular complexity index is 335. The van der Waals surface area contributed by atoms with Crippen molar-refractivity contribution in [3.63, 3.8) is 0 Å². The van der Waals surface area contributed by atoms with Crippen LogP contribution in [0.4, 0.5) is 8.78 Å². The largest absolute Gasteiger partial charge is 0.396 e. The zero-order valence-corrected chi connectivity index (χ0v) is 10.3. The van der Waals surface area contributed by atoms with Crippen molar-refractivity contribution in [2.45, 2.75) is 32.9 Å². The monoisotopic (exact) mass is 243 g/mol. The molecule has 0 fully saturated rings. The molecule has 0 aromatic heterocycles. The number of benzene rings is 1. The highest BCUT2D eigenvalue weighted by Crippen LogP contribution is 2.12. The third-order valence-corrected chi connectivity index (χ3v) is 2.64. The number of halogens is 2. The zero-order chi connectivity index (χ0) is 12.8. The fourth-order valence-electron chi connectivity index (χ4n) is 1.73. The highest BCUT2D eigenvalue weighted by atomic mass is 19.1. The van der Waals surface area contributed by atoms with Gasteiger partial charge in [-0.15, -0.1) is 0 Å². The van der Waals surface area contributed by atoms with E-state index >= 15 is 0 Å². The SMILES string of the molecule is CC(C)N(CCCO)Cc1cc(F)cc(F)c1. The smallest absolute Gasteiger partial charge is 0.126 e. The van der Waals surface area contributed by atoms with Gasteiger partial charge in [-0.2, -0.15) is 0 Å². The first-order valence-corrected chi connectivity index (χ1v) is 5.83. The molecule has 0 bridgehead atoms. The van der Waals surface area contributed by atoms with Gasteiger partial charge >= 0.3 is 0 Å². The molecule has 96 valence electrons. The Labute approximate surface area is 101 Å². The average Bonchev–Trinajstić information content (AvgIpc) is 2.22. The minimum atomic E-state index is -0.550. The first kappa shape index (κ1) is 14.1. The summed E-state index contributed by atoms with van der Waals surface area (Å²) >= 11 is 0. The fraction of sp³-hybridized carbons (Fsp3) is 0.538. The minimum absolute atomic E-state index is 0.126. The van der Waals surface area contributed by atoms with Crippen LogP contribution in [-0.2, 0) is 6.54 Å². The van der Waals surface area contributed by atoms with E-state index in [9.17, 15) is 8.78 Å². The first-order valence-electron chi connectivity index (χ1n) is 5.83. The zero-order valence-electron chi connectivity index (χ0n) is 10.3. The molecule has 17 heavy (non-hydrogen) atoms. The molecule has 0 heterocycles. The molecule has 0 saturated heterocycles. The van der Waals surface area contributed by atoms with Gasteiger partial charge in [0.25, 0.3) is 0 Å². The summed E-state index contributed by atoms with van der Waals surface area (Å²) in [5, 5.41) is 8.80. The molecular formula is C13H19F2NO. The van der Waals surface area contributed by atoms with Crippen LogP contribution in [-0.4, -0.2) is 29.2 Å². The summed E-state index contributed by atoms with van der Waals surface area (Å²) in [6.45, 7) is 5.37. The van der Waals surface area contributed by atoms with Gasteiger partial charge in [0.15, 0.2) is 0 Å². The number of aliphatic hydroxyl groups excluding tert-OH is 1. The second kappa shape index (κ2) is 6.67. The molecule has 0 radical (unpaired) electrons. The van der Waals surface area contributed by atoms with Crippen LogP contribution >= 0.6 is 0 Å². The van der Waals surface area contributed by atoms with Crippen LogP contribution in [0, 0.1) is 11.6 Å². The molecule has 1 N–H and O–H groups in total. The summed E-state index contributed by atoms with van der Waals surface area (Å²) in [6.07, 6.45) is 0.663. The topological polar surface area (TPSA) is 23.5 Å². The van der Waals surface area contributed by atoms with Crippen molar-refractivity contribution in [3.05, 3.63) is 35.4 Å². The molecule has 0 amide bonds. The summed E-state index contributed by atoms with van der Waals surface area (Å²) < 4.78 is 26.1. The van der Waals surface area contributed by atoms with Crippen molar-refractivity contribution >= 4 is 0 Å². The second-order valence-electron chi connectivity index (χ2n) is 4.42. The Morgan fingerprint density at radius 3 is 2.24 bits per heavy atom. The maximum absolute atomic E-state index is 13.0. The van der Waals surface area contributed by atoms with Crippen LogP contribution in [0.5, 0.6) is 0 Å². The quantitative estimate of drug-likeness (QED) is 0.830. The fourth-order valence-corrected chi connectivity index (χ4v) is 1.73. The average molecular weight is 243 g/mol. The highest BCUT2D eigenvalue weighted by molar-refractivity contribution is 5.17. The van der Waals surface area contributed by atoms with Crippen molar-refractivity contribution < 1.29 is 13.9 Å². The van der Waals surface area contributed by atoms with Crippen LogP contribution in [0.25, 0.3) is 0 Å². The van der Waals surface area contributed by atoms with E-state index < -0.39 is 11.6 Å². The molecule has 0 atom stereocenters. The van der Waals surface area contributed by atoms with Gasteiger partial charge in [-0.3, -0.25) is 4.90 Å². The van der Waals surface area contributed by atoms with Crippen molar-refractivity contribution in [2.24, 2.45) is 0 Å². The highest BCUT2D eigenvalue weighted by Gasteiger charge is 2.11. The van der Waals surface area contributed by atoms with E-state index in [0.717, 1.165) is 6.07 Å². The Morgan fingerprint density at radius 2 is 1.76 bits per heavy atom. The normalized spacial score (nSPS) is 11.5. The molecule has 2 nitrogen and oxygen atoms in total.